The Bertz CT molecular complexity index is 953. The van der Waals surface area contributed by atoms with E-state index in [1.165, 1.54) is 11.8 Å². The summed E-state index contributed by atoms with van der Waals surface area (Å²) in [6.45, 7) is 2.41. The minimum absolute atomic E-state index is 0.0218. The fourth-order valence-corrected chi connectivity index (χ4v) is 3.98. The number of hydrogen-bond acceptors (Lipinski definition) is 3. The van der Waals surface area contributed by atoms with Crippen molar-refractivity contribution in [2.75, 3.05) is 11.4 Å². The number of carbonyl (C=O) groups is 3. The van der Waals surface area contributed by atoms with Crippen LogP contribution < -0.4 is 4.90 Å². The predicted molar refractivity (Wildman–Crippen MR) is 99.6 cm³/mol. The van der Waals surface area contributed by atoms with Gasteiger partial charge in [0.05, 0.1) is 0 Å². The number of fused-ring (bicyclic) bond motifs is 2. The molecule has 2 amide bonds. The average Bonchev–Trinajstić information content (AvgIpc) is 3.09. The number of anilines is 1. The highest BCUT2D eigenvalue weighted by atomic mass is 16.4. The fourth-order valence-electron chi connectivity index (χ4n) is 3.98. The summed E-state index contributed by atoms with van der Waals surface area (Å²) < 4.78 is 0. The second-order valence-corrected chi connectivity index (χ2v) is 7.02. The van der Waals surface area contributed by atoms with Gasteiger partial charge in [0, 0.05) is 37.7 Å². The molecule has 2 aromatic carbocycles. The Hall–Kier alpha value is -3.15. The van der Waals surface area contributed by atoms with E-state index >= 15 is 0 Å². The van der Waals surface area contributed by atoms with E-state index in [1.54, 1.807) is 23.1 Å². The zero-order valence-electron chi connectivity index (χ0n) is 15.0. The summed E-state index contributed by atoms with van der Waals surface area (Å²) in [6.07, 6.45) is 1.00. The molecule has 4 rings (SSSR count). The van der Waals surface area contributed by atoms with Gasteiger partial charge < -0.3 is 14.9 Å². The highest BCUT2D eigenvalue weighted by Gasteiger charge is 2.35. The lowest BCUT2D eigenvalue weighted by Gasteiger charge is -2.34. The van der Waals surface area contributed by atoms with Gasteiger partial charge in [0.1, 0.15) is 6.04 Å². The molecule has 2 heterocycles. The third kappa shape index (κ3) is 2.97. The third-order valence-corrected chi connectivity index (χ3v) is 5.40. The molecule has 0 unspecified atom stereocenters. The van der Waals surface area contributed by atoms with Gasteiger partial charge in [-0.05, 0) is 41.3 Å². The minimum Gasteiger partial charge on any atom is -0.480 e. The van der Waals surface area contributed by atoms with Crippen LogP contribution in [0.4, 0.5) is 5.69 Å². The monoisotopic (exact) mass is 364 g/mol. The Morgan fingerprint density at radius 2 is 1.78 bits per heavy atom. The van der Waals surface area contributed by atoms with Gasteiger partial charge in [-0.1, -0.05) is 24.3 Å². The minimum atomic E-state index is -0.998. The molecule has 6 nitrogen and oxygen atoms in total. The van der Waals surface area contributed by atoms with Crippen molar-refractivity contribution in [2.45, 2.75) is 32.4 Å². The maximum atomic E-state index is 13.1. The second-order valence-electron chi connectivity index (χ2n) is 7.02. The number of carboxylic acids is 1. The lowest BCUT2D eigenvalue weighted by molar-refractivity contribution is -0.142. The fraction of sp³-hybridized carbons (Fsp3) is 0.286. The molecule has 0 aromatic heterocycles. The van der Waals surface area contributed by atoms with Crippen LogP contribution >= 0.6 is 0 Å². The van der Waals surface area contributed by atoms with E-state index < -0.39 is 12.0 Å². The van der Waals surface area contributed by atoms with Gasteiger partial charge >= 0.3 is 5.97 Å². The molecule has 0 aliphatic carbocycles. The van der Waals surface area contributed by atoms with Crippen LogP contribution in [0.1, 0.15) is 34.0 Å². The molecule has 27 heavy (non-hydrogen) atoms. The topological polar surface area (TPSA) is 77.9 Å². The molecular formula is C21H20N2O4. The first-order valence-electron chi connectivity index (χ1n) is 8.97. The maximum absolute atomic E-state index is 13.1. The van der Waals surface area contributed by atoms with Crippen molar-refractivity contribution in [3.05, 3.63) is 64.7 Å². The Morgan fingerprint density at radius 3 is 2.48 bits per heavy atom. The lowest BCUT2D eigenvalue weighted by Crippen LogP contribution is -2.48. The molecule has 1 N–H and O–H groups in total. The summed E-state index contributed by atoms with van der Waals surface area (Å²) in [5.74, 6) is -1.31. The summed E-state index contributed by atoms with van der Waals surface area (Å²) >= 11 is 0. The van der Waals surface area contributed by atoms with Crippen molar-refractivity contribution in [3.63, 3.8) is 0 Å². The first kappa shape index (κ1) is 17.3. The van der Waals surface area contributed by atoms with Gasteiger partial charge in [0.15, 0.2) is 0 Å². The molecule has 6 heteroatoms. The van der Waals surface area contributed by atoms with Gasteiger partial charge in [-0.3, -0.25) is 9.59 Å². The Labute approximate surface area is 157 Å². The Balaban J connectivity index is 1.66. The highest BCUT2D eigenvalue weighted by molar-refractivity contribution is 5.99. The quantitative estimate of drug-likeness (QED) is 0.887. The number of aliphatic carboxylic acids is 1. The van der Waals surface area contributed by atoms with E-state index in [0.717, 1.165) is 22.4 Å². The molecule has 0 radical (unpaired) electrons. The molecule has 1 atom stereocenters. The zero-order chi connectivity index (χ0) is 19.1. The van der Waals surface area contributed by atoms with E-state index in [2.05, 4.69) is 0 Å². The number of nitrogens with zero attached hydrogens (tertiary/aromatic N) is 2. The molecule has 138 valence electrons. The van der Waals surface area contributed by atoms with Crippen molar-refractivity contribution in [1.29, 1.82) is 0 Å². The molecule has 0 bridgehead atoms. The number of rotatable bonds is 2. The summed E-state index contributed by atoms with van der Waals surface area (Å²) in [5.41, 5.74) is 4.19. The smallest absolute Gasteiger partial charge is 0.326 e. The first-order chi connectivity index (χ1) is 13.0. The van der Waals surface area contributed by atoms with Crippen molar-refractivity contribution < 1.29 is 19.5 Å². The summed E-state index contributed by atoms with van der Waals surface area (Å²) in [5, 5.41) is 9.64. The molecule has 0 saturated heterocycles. The standard InChI is InChI=1S/C21H20N2O4/c1-13(24)22-9-8-15-10-16(6-7-18(15)22)20(25)23-12-17-5-3-2-4-14(17)11-19(23)21(26)27/h2-7,10,19H,8-9,11-12H2,1H3,(H,26,27)/t19-/m1/s1. The predicted octanol–water partition coefficient (Wildman–Crippen LogP) is 2.25. The molecule has 2 aliphatic rings. The Morgan fingerprint density at radius 1 is 1.04 bits per heavy atom. The van der Waals surface area contributed by atoms with Gasteiger partial charge in [0.25, 0.3) is 5.91 Å². The highest BCUT2D eigenvalue weighted by Crippen LogP contribution is 2.31. The normalized spacial score (nSPS) is 18.0. The lowest BCUT2D eigenvalue weighted by atomic mass is 9.93. The molecule has 0 fully saturated rings. The SMILES string of the molecule is CC(=O)N1CCc2cc(C(=O)N3Cc4ccccc4C[C@@H]3C(=O)O)ccc21. The van der Waals surface area contributed by atoms with Gasteiger partial charge in [-0.2, -0.15) is 0 Å². The van der Waals surface area contributed by atoms with Crippen LogP contribution in [0.25, 0.3) is 0 Å². The molecule has 0 saturated carbocycles. The average molecular weight is 364 g/mol. The van der Waals surface area contributed by atoms with Crippen LogP contribution in [0.5, 0.6) is 0 Å². The molecule has 0 spiro atoms. The molecular weight excluding hydrogens is 344 g/mol. The summed E-state index contributed by atoms with van der Waals surface area (Å²) in [4.78, 5) is 39.7. The molecule has 2 aliphatic heterocycles. The number of benzene rings is 2. The van der Waals surface area contributed by atoms with Crippen LogP contribution in [0.15, 0.2) is 42.5 Å². The van der Waals surface area contributed by atoms with Gasteiger partial charge in [0.2, 0.25) is 5.91 Å². The first-order valence-corrected chi connectivity index (χ1v) is 8.97. The summed E-state index contributed by atoms with van der Waals surface area (Å²) in [7, 11) is 0. The van der Waals surface area contributed by atoms with E-state index in [9.17, 15) is 19.5 Å². The second kappa shape index (κ2) is 6.54. The van der Waals surface area contributed by atoms with Crippen LogP contribution in [0.2, 0.25) is 0 Å². The van der Waals surface area contributed by atoms with Crippen LogP contribution in [-0.4, -0.2) is 40.4 Å². The number of hydrogen-bond donors (Lipinski definition) is 1. The van der Waals surface area contributed by atoms with E-state index in [1.807, 2.05) is 24.3 Å². The summed E-state index contributed by atoms with van der Waals surface area (Å²) in [6, 6.07) is 12.0. The Kier molecular flexibility index (Phi) is 4.18. The van der Waals surface area contributed by atoms with Crippen molar-refractivity contribution in [2.24, 2.45) is 0 Å². The maximum Gasteiger partial charge on any atom is 0.326 e. The van der Waals surface area contributed by atoms with Crippen molar-refractivity contribution in [1.82, 2.24) is 4.90 Å². The van der Waals surface area contributed by atoms with E-state index in [0.29, 0.717) is 24.9 Å². The van der Waals surface area contributed by atoms with Crippen LogP contribution in [0.3, 0.4) is 0 Å². The number of carboxylic acid groups (broad SMARTS) is 1. The van der Waals surface area contributed by atoms with Crippen molar-refractivity contribution >= 4 is 23.5 Å². The van der Waals surface area contributed by atoms with E-state index in [-0.39, 0.29) is 18.4 Å². The number of amides is 2. The number of carbonyl (C=O) groups excluding carboxylic acids is 2. The largest absolute Gasteiger partial charge is 0.480 e. The third-order valence-electron chi connectivity index (χ3n) is 5.40. The van der Waals surface area contributed by atoms with E-state index in [4.69, 9.17) is 0 Å². The van der Waals surface area contributed by atoms with Crippen LogP contribution in [0, 0.1) is 0 Å². The van der Waals surface area contributed by atoms with Gasteiger partial charge in [-0.25, -0.2) is 4.79 Å². The van der Waals surface area contributed by atoms with Crippen molar-refractivity contribution in [3.8, 4) is 0 Å². The zero-order valence-corrected chi connectivity index (χ0v) is 15.0. The molecule has 2 aromatic rings. The van der Waals surface area contributed by atoms with Gasteiger partial charge in [-0.15, -0.1) is 0 Å². The van der Waals surface area contributed by atoms with Crippen LogP contribution in [-0.2, 0) is 29.0 Å².